The maximum Gasteiger partial charge on any atom is 0.247 e. The zero-order chi connectivity index (χ0) is 29.5. The van der Waals surface area contributed by atoms with Crippen molar-refractivity contribution in [3.05, 3.63) is 48.0 Å². The van der Waals surface area contributed by atoms with E-state index in [2.05, 4.69) is 16.0 Å². The Kier molecular flexibility index (Phi) is 10.4. The molecule has 3 rings (SSSR count). The van der Waals surface area contributed by atoms with E-state index in [1.807, 2.05) is 63.2 Å². The molecule has 1 aliphatic rings. The van der Waals surface area contributed by atoms with Crippen molar-refractivity contribution in [3.8, 4) is 0 Å². The smallest absolute Gasteiger partial charge is 0.247 e. The molecule has 2 atom stereocenters. The lowest BCUT2D eigenvalue weighted by molar-refractivity contribution is -0.158. The minimum atomic E-state index is -1.05. The zero-order valence-corrected chi connectivity index (χ0v) is 24.5. The number of nitrogens with zero attached hydrogens (tertiary/aromatic N) is 1. The summed E-state index contributed by atoms with van der Waals surface area (Å²) in [6.45, 7) is 9.85. The van der Waals surface area contributed by atoms with Gasteiger partial charge in [0, 0.05) is 24.9 Å². The minimum absolute atomic E-state index is 0.130. The molecular formula is C31H45N5O4. The Balaban J connectivity index is 1.94. The Morgan fingerprint density at radius 3 is 2.33 bits per heavy atom. The van der Waals surface area contributed by atoms with Gasteiger partial charge >= 0.3 is 0 Å². The number of amides is 4. The van der Waals surface area contributed by atoms with Crippen LogP contribution in [0.3, 0.4) is 0 Å². The first-order chi connectivity index (χ1) is 18.8. The van der Waals surface area contributed by atoms with Crippen LogP contribution in [-0.2, 0) is 25.6 Å². The van der Waals surface area contributed by atoms with E-state index in [9.17, 15) is 19.2 Å². The third-order valence-corrected chi connectivity index (χ3v) is 7.42. The second kappa shape index (κ2) is 13.4. The molecule has 1 saturated heterocycles. The monoisotopic (exact) mass is 551 g/mol. The van der Waals surface area contributed by atoms with Crippen molar-refractivity contribution in [3.63, 3.8) is 0 Å². The Morgan fingerprint density at radius 2 is 1.70 bits per heavy atom. The lowest BCUT2D eigenvalue weighted by Crippen LogP contribution is -2.60. The van der Waals surface area contributed by atoms with Crippen LogP contribution in [0.1, 0.15) is 65.9 Å². The van der Waals surface area contributed by atoms with E-state index in [0.29, 0.717) is 19.4 Å². The van der Waals surface area contributed by atoms with Crippen molar-refractivity contribution >= 4 is 34.4 Å². The van der Waals surface area contributed by atoms with Crippen molar-refractivity contribution in [2.75, 3.05) is 19.6 Å². The summed E-state index contributed by atoms with van der Waals surface area (Å²) in [4.78, 5) is 55.1. The van der Waals surface area contributed by atoms with Gasteiger partial charge in [0.25, 0.3) is 0 Å². The Morgan fingerprint density at radius 1 is 1.02 bits per heavy atom. The number of rotatable bonds is 12. The molecule has 40 heavy (non-hydrogen) atoms. The lowest BCUT2D eigenvalue weighted by atomic mass is 9.85. The fraction of sp³-hybridized carbons (Fsp3) is 0.548. The molecular weight excluding hydrogens is 506 g/mol. The van der Waals surface area contributed by atoms with Crippen molar-refractivity contribution in [2.45, 2.75) is 84.3 Å². The predicted molar refractivity (Wildman–Crippen MR) is 157 cm³/mol. The van der Waals surface area contributed by atoms with E-state index in [4.69, 9.17) is 5.73 Å². The number of nitrogens with two attached hydrogens (primary N) is 1. The van der Waals surface area contributed by atoms with Crippen LogP contribution < -0.4 is 21.7 Å². The number of imide groups is 1. The van der Waals surface area contributed by atoms with Gasteiger partial charge in [0.05, 0.1) is 11.6 Å². The maximum atomic E-state index is 14.1. The molecule has 5 N–H and O–H groups in total. The van der Waals surface area contributed by atoms with Crippen LogP contribution >= 0.6 is 0 Å². The van der Waals surface area contributed by atoms with Crippen molar-refractivity contribution in [1.82, 2.24) is 20.9 Å². The average Bonchev–Trinajstić information content (AvgIpc) is 3.45. The standard InChI is InChI=1S/C31H45N5O4/c1-6-15-30(2,3)29(40)36(27(38)24-12-9-16-33-24)25(26(37)34-17-18-35-28(39)31(4,5)32)20-21-13-14-22-10-7-8-11-23(22)19-21/h7-8,10-11,13-14,19,24-25,33H,6,9,12,15-18,20,32H2,1-5H3,(H,34,37)(H,35,39)/t24-,25+/m0/s1. The van der Waals surface area contributed by atoms with Crippen LogP contribution in [-0.4, -0.2) is 65.8 Å². The molecule has 0 saturated carbocycles. The fourth-order valence-corrected chi connectivity index (χ4v) is 5.11. The van der Waals surface area contributed by atoms with Gasteiger partial charge in [-0.1, -0.05) is 69.7 Å². The highest BCUT2D eigenvalue weighted by molar-refractivity contribution is 6.04. The quantitative estimate of drug-likeness (QED) is 0.300. The third-order valence-electron chi connectivity index (χ3n) is 7.42. The number of benzene rings is 2. The molecule has 0 bridgehead atoms. The van der Waals surface area contributed by atoms with Gasteiger partial charge in [0.2, 0.25) is 23.6 Å². The topological polar surface area (TPSA) is 134 Å². The van der Waals surface area contributed by atoms with Crippen LogP contribution in [0.25, 0.3) is 10.8 Å². The second-order valence-corrected chi connectivity index (χ2v) is 12.0. The van der Waals surface area contributed by atoms with Gasteiger partial charge in [0.1, 0.15) is 6.04 Å². The summed E-state index contributed by atoms with van der Waals surface area (Å²) in [6, 6.07) is 12.3. The third kappa shape index (κ3) is 7.88. The average molecular weight is 552 g/mol. The molecule has 0 unspecified atom stereocenters. The number of carbonyl (C=O) groups excluding carboxylic acids is 4. The molecule has 0 spiro atoms. The van der Waals surface area contributed by atoms with Crippen molar-refractivity contribution < 1.29 is 19.2 Å². The number of hydrogen-bond donors (Lipinski definition) is 4. The van der Waals surface area contributed by atoms with E-state index >= 15 is 0 Å². The highest BCUT2D eigenvalue weighted by Crippen LogP contribution is 2.29. The van der Waals surface area contributed by atoms with E-state index in [0.717, 1.165) is 29.2 Å². The highest BCUT2D eigenvalue weighted by atomic mass is 16.2. The SMILES string of the molecule is CCCC(C)(C)C(=O)N(C(=O)[C@@H]1CCCN1)[C@H](Cc1ccc2ccccc2c1)C(=O)NCCNC(=O)C(C)(C)N. The Hall–Kier alpha value is -3.30. The van der Waals surface area contributed by atoms with E-state index in [1.54, 1.807) is 13.8 Å². The maximum absolute atomic E-state index is 14.1. The van der Waals surface area contributed by atoms with Gasteiger partial charge in [-0.15, -0.1) is 0 Å². The Labute approximate surface area is 237 Å². The number of nitrogens with one attached hydrogen (secondary N) is 3. The van der Waals surface area contributed by atoms with E-state index in [-0.39, 0.29) is 37.2 Å². The van der Waals surface area contributed by atoms with Gasteiger partial charge in [-0.3, -0.25) is 24.1 Å². The first-order valence-electron chi connectivity index (χ1n) is 14.3. The van der Waals surface area contributed by atoms with Crippen LogP contribution in [0.5, 0.6) is 0 Å². The summed E-state index contributed by atoms with van der Waals surface area (Å²) >= 11 is 0. The van der Waals surface area contributed by atoms with Crippen molar-refractivity contribution in [1.29, 1.82) is 0 Å². The molecule has 0 aliphatic carbocycles. The first kappa shape index (κ1) is 31.2. The van der Waals surface area contributed by atoms with Gasteiger partial charge in [0.15, 0.2) is 0 Å². The van der Waals surface area contributed by atoms with Crippen LogP contribution in [0.4, 0.5) is 0 Å². The molecule has 2 aromatic rings. The molecule has 9 heteroatoms. The first-order valence-corrected chi connectivity index (χ1v) is 14.3. The molecule has 9 nitrogen and oxygen atoms in total. The number of fused-ring (bicyclic) bond motifs is 1. The number of carbonyl (C=O) groups is 4. The normalized spacial score (nSPS) is 16.4. The molecule has 0 aromatic heterocycles. The molecule has 1 aliphatic heterocycles. The van der Waals surface area contributed by atoms with E-state index in [1.165, 1.54) is 4.90 Å². The van der Waals surface area contributed by atoms with Gasteiger partial charge in [-0.05, 0) is 56.0 Å². The van der Waals surface area contributed by atoms with Crippen LogP contribution in [0.15, 0.2) is 42.5 Å². The van der Waals surface area contributed by atoms with Gasteiger partial charge in [-0.25, -0.2) is 0 Å². The fourth-order valence-electron chi connectivity index (χ4n) is 5.11. The molecule has 1 heterocycles. The van der Waals surface area contributed by atoms with Gasteiger partial charge < -0.3 is 21.7 Å². The predicted octanol–water partition coefficient (Wildman–Crippen LogP) is 2.65. The minimum Gasteiger partial charge on any atom is -0.353 e. The summed E-state index contributed by atoms with van der Waals surface area (Å²) in [7, 11) is 0. The highest BCUT2D eigenvalue weighted by Gasteiger charge is 2.43. The Bertz CT molecular complexity index is 1210. The molecule has 218 valence electrons. The largest absolute Gasteiger partial charge is 0.353 e. The summed E-state index contributed by atoms with van der Waals surface area (Å²) in [5.74, 6) is -1.51. The lowest BCUT2D eigenvalue weighted by Gasteiger charge is -2.37. The zero-order valence-electron chi connectivity index (χ0n) is 24.5. The van der Waals surface area contributed by atoms with Crippen molar-refractivity contribution in [2.24, 2.45) is 11.1 Å². The van der Waals surface area contributed by atoms with Crippen LogP contribution in [0.2, 0.25) is 0 Å². The summed E-state index contributed by atoms with van der Waals surface area (Å²) in [6.07, 6.45) is 2.96. The second-order valence-electron chi connectivity index (χ2n) is 12.0. The van der Waals surface area contributed by atoms with E-state index < -0.39 is 28.9 Å². The molecule has 1 fully saturated rings. The van der Waals surface area contributed by atoms with Gasteiger partial charge in [-0.2, -0.15) is 0 Å². The number of hydrogen-bond acceptors (Lipinski definition) is 6. The molecule has 0 radical (unpaired) electrons. The van der Waals surface area contributed by atoms with Crippen LogP contribution in [0, 0.1) is 5.41 Å². The summed E-state index contributed by atoms with van der Waals surface area (Å²) in [5, 5.41) is 10.8. The summed E-state index contributed by atoms with van der Waals surface area (Å²) in [5.41, 5.74) is 4.81. The molecule has 4 amide bonds. The summed E-state index contributed by atoms with van der Waals surface area (Å²) < 4.78 is 0. The molecule has 2 aromatic carbocycles.